The van der Waals surface area contributed by atoms with Gasteiger partial charge in [-0.3, -0.25) is 0 Å². The fraction of sp³-hybridized carbons (Fsp3) is 0.588. The number of hydrogen-bond acceptors (Lipinski definition) is 4. The predicted octanol–water partition coefficient (Wildman–Crippen LogP) is 2.11. The van der Waals surface area contributed by atoms with E-state index >= 15 is 0 Å². The summed E-state index contributed by atoms with van der Waals surface area (Å²) in [5, 5.41) is 5.80. The molecule has 1 fully saturated rings. The van der Waals surface area contributed by atoms with Gasteiger partial charge in [-0.25, -0.2) is 4.79 Å². The van der Waals surface area contributed by atoms with E-state index in [2.05, 4.69) is 10.6 Å². The molecule has 0 bridgehead atoms. The van der Waals surface area contributed by atoms with E-state index in [0.717, 1.165) is 31.4 Å². The van der Waals surface area contributed by atoms with Crippen molar-refractivity contribution in [2.24, 2.45) is 0 Å². The van der Waals surface area contributed by atoms with E-state index in [1.54, 1.807) is 14.2 Å². The van der Waals surface area contributed by atoms with Gasteiger partial charge >= 0.3 is 6.03 Å². The maximum Gasteiger partial charge on any atom is 0.315 e. The Morgan fingerprint density at radius 2 is 2.13 bits per heavy atom. The summed E-state index contributed by atoms with van der Waals surface area (Å²) in [7, 11) is 3.22. The maximum atomic E-state index is 11.9. The maximum absolute atomic E-state index is 11.9. The first-order valence-electron chi connectivity index (χ1n) is 8.01. The van der Waals surface area contributed by atoms with E-state index in [4.69, 9.17) is 14.2 Å². The average Bonchev–Trinajstić information content (AvgIpc) is 3.09. The van der Waals surface area contributed by atoms with Gasteiger partial charge in [0.15, 0.2) is 11.5 Å². The first-order chi connectivity index (χ1) is 11.1. The predicted molar refractivity (Wildman–Crippen MR) is 88.2 cm³/mol. The van der Waals surface area contributed by atoms with Crippen molar-refractivity contribution in [2.45, 2.75) is 38.3 Å². The van der Waals surface area contributed by atoms with Crippen LogP contribution in [0.2, 0.25) is 0 Å². The quantitative estimate of drug-likeness (QED) is 0.807. The molecule has 2 rings (SSSR count). The highest BCUT2D eigenvalue weighted by Crippen LogP contribution is 2.27. The van der Waals surface area contributed by atoms with Gasteiger partial charge in [-0.2, -0.15) is 0 Å². The molecule has 0 radical (unpaired) electrons. The van der Waals surface area contributed by atoms with E-state index in [9.17, 15) is 4.79 Å². The van der Waals surface area contributed by atoms with Crippen LogP contribution in [0.15, 0.2) is 18.2 Å². The summed E-state index contributed by atoms with van der Waals surface area (Å²) in [5.41, 5.74) is 1.08. The van der Waals surface area contributed by atoms with Crippen molar-refractivity contribution in [1.29, 1.82) is 0 Å². The second-order valence-corrected chi connectivity index (χ2v) is 5.68. The van der Waals surface area contributed by atoms with Crippen molar-refractivity contribution in [2.75, 3.05) is 27.4 Å². The third-order valence-corrected chi connectivity index (χ3v) is 4.03. The van der Waals surface area contributed by atoms with E-state index in [1.807, 2.05) is 25.1 Å². The Morgan fingerprint density at radius 3 is 2.78 bits per heavy atom. The first-order valence-corrected chi connectivity index (χ1v) is 8.01. The van der Waals surface area contributed by atoms with Gasteiger partial charge in [-0.15, -0.1) is 0 Å². The van der Waals surface area contributed by atoms with Crippen molar-refractivity contribution in [3.8, 4) is 11.5 Å². The molecule has 2 N–H and O–H groups in total. The minimum absolute atomic E-state index is 0.0265. The number of rotatable bonds is 7. The van der Waals surface area contributed by atoms with Crippen molar-refractivity contribution in [1.82, 2.24) is 10.6 Å². The van der Waals surface area contributed by atoms with Gasteiger partial charge < -0.3 is 24.8 Å². The normalized spacial score (nSPS) is 18.3. The smallest absolute Gasteiger partial charge is 0.315 e. The van der Waals surface area contributed by atoms with Crippen molar-refractivity contribution in [3.05, 3.63) is 23.8 Å². The number of nitrogens with one attached hydrogen (secondary N) is 2. The van der Waals surface area contributed by atoms with Crippen molar-refractivity contribution >= 4 is 6.03 Å². The number of ether oxygens (including phenoxy) is 3. The molecule has 1 heterocycles. The van der Waals surface area contributed by atoms with Crippen LogP contribution in [0.3, 0.4) is 0 Å². The molecule has 2 amide bonds. The fourth-order valence-corrected chi connectivity index (χ4v) is 2.70. The second-order valence-electron chi connectivity index (χ2n) is 5.68. The van der Waals surface area contributed by atoms with Gasteiger partial charge in [0.25, 0.3) is 0 Å². The van der Waals surface area contributed by atoms with E-state index in [0.29, 0.717) is 18.0 Å². The van der Waals surface area contributed by atoms with Crippen LogP contribution in [0, 0.1) is 0 Å². The van der Waals surface area contributed by atoms with E-state index < -0.39 is 0 Å². The topological polar surface area (TPSA) is 68.8 Å². The molecule has 0 aliphatic carbocycles. The third kappa shape index (κ3) is 5.03. The van der Waals surface area contributed by atoms with Crippen LogP contribution in [-0.2, 0) is 11.2 Å². The lowest BCUT2D eigenvalue weighted by Gasteiger charge is -2.20. The van der Waals surface area contributed by atoms with Crippen LogP contribution in [-0.4, -0.2) is 45.5 Å². The average molecular weight is 322 g/mol. The van der Waals surface area contributed by atoms with Gasteiger partial charge in [0.05, 0.1) is 26.4 Å². The van der Waals surface area contributed by atoms with Gasteiger partial charge in [0.1, 0.15) is 0 Å². The summed E-state index contributed by atoms with van der Waals surface area (Å²) in [6.07, 6.45) is 2.93. The first kappa shape index (κ1) is 17.4. The van der Waals surface area contributed by atoms with E-state index in [1.165, 1.54) is 0 Å². The largest absolute Gasteiger partial charge is 0.493 e. The van der Waals surface area contributed by atoms with Crippen LogP contribution in [0.5, 0.6) is 11.5 Å². The lowest BCUT2D eigenvalue weighted by molar-refractivity contribution is 0.0860. The van der Waals surface area contributed by atoms with Gasteiger partial charge in [-0.05, 0) is 43.9 Å². The zero-order valence-electron chi connectivity index (χ0n) is 14.1. The number of methoxy groups -OCH3 is 2. The van der Waals surface area contributed by atoms with Gasteiger partial charge in [0, 0.05) is 13.2 Å². The molecule has 1 saturated heterocycles. The standard InChI is InChI=1S/C17H26N2O4/c1-12(14-5-4-10-23-14)19-17(20)18-9-8-13-6-7-15(21-2)16(11-13)22-3/h6-7,11-12,14H,4-5,8-10H2,1-3H3,(H2,18,19,20). The molecule has 23 heavy (non-hydrogen) atoms. The summed E-state index contributed by atoms with van der Waals surface area (Å²) >= 11 is 0. The summed E-state index contributed by atoms with van der Waals surface area (Å²) in [5.74, 6) is 1.40. The lowest BCUT2D eigenvalue weighted by Crippen LogP contribution is -2.46. The molecule has 1 aliphatic heterocycles. The summed E-state index contributed by atoms with van der Waals surface area (Å²) in [4.78, 5) is 11.9. The Labute approximate surface area is 137 Å². The van der Waals surface area contributed by atoms with E-state index in [-0.39, 0.29) is 18.2 Å². The Bertz CT molecular complexity index is 515. The number of carbonyl (C=O) groups is 1. The van der Waals surface area contributed by atoms with Crippen molar-refractivity contribution < 1.29 is 19.0 Å². The number of amides is 2. The molecule has 0 spiro atoms. The molecule has 2 atom stereocenters. The van der Waals surface area contributed by atoms with Gasteiger partial charge in [0.2, 0.25) is 0 Å². The van der Waals surface area contributed by atoms with Crippen LogP contribution in [0.1, 0.15) is 25.3 Å². The zero-order valence-corrected chi connectivity index (χ0v) is 14.1. The number of hydrogen-bond donors (Lipinski definition) is 2. The summed E-state index contributed by atoms with van der Waals surface area (Å²) in [6.45, 7) is 3.32. The highest BCUT2D eigenvalue weighted by atomic mass is 16.5. The highest BCUT2D eigenvalue weighted by Gasteiger charge is 2.23. The molecular weight excluding hydrogens is 296 g/mol. The Kier molecular flexibility index (Phi) is 6.52. The molecule has 1 aromatic carbocycles. The lowest BCUT2D eigenvalue weighted by atomic mass is 10.1. The molecule has 6 heteroatoms. The molecule has 128 valence electrons. The zero-order chi connectivity index (χ0) is 16.7. The minimum atomic E-state index is -0.159. The Morgan fingerprint density at radius 1 is 1.35 bits per heavy atom. The van der Waals surface area contributed by atoms with Crippen molar-refractivity contribution in [3.63, 3.8) is 0 Å². The monoisotopic (exact) mass is 322 g/mol. The van der Waals surface area contributed by atoms with Crippen LogP contribution < -0.4 is 20.1 Å². The van der Waals surface area contributed by atoms with Crippen LogP contribution in [0.25, 0.3) is 0 Å². The van der Waals surface area contributed by atoms with Gasteiger partial charge in [-0.1, -0.05) is 6.07 Å². The Balaban J connectivity index is 1.74. The number of benzene rings is 1. The molecule has 2 unspecified atom stereocenters. The minimum Gasteiger partial charge on any atom is -0.493 e. The fourth-order valence-electron chi connectivity index (χ4n) is 2.70. The summed E-state index contributed by atoms with van der Waals surface area (Å²) < 4.78 is 16.1. The number of urea groups is 1. The summed E-state index contributed by atoms with van der Waals surface area (Å²) in [6, 6.07) is 5.63. The van der Waals surface area contributed by atoms with Crippen LogP contribution in [0.4, 0.5) is 4.79 Å². The highest BCUT2D eigenvalue weighted by molar-refractivity contribution is 5.74. The SMILES string of the molecule is COc1ccc(CCNC(=O)NC(C)C2CCCO2)cc1OC. The second kappa shape index (κ2) is 8.62. The van der Waals surface area contributed by atoms with Crippen LogP contribution >= 0.6 is 0 Å². The molecule has 0 saturated carbocycles. The third-order valence-electron chi connectivity index (χ3n) is 4.03. The molecular formula is C17H26N2O4. The molecule has 1 aromatic rings. The molecule has 1 aliphatic rings. The molecule has 6 nitrogen and oxygen atoms in total. The molecule has 0 aromatic heterocycles. The Hall–Kier alpha value is -1.95. The number of carbonyl (C=O) groups excluding carboxylic acids is 1.